The molecule has 0 aromatic carbocycles. The van der Waals surface area contributed by atoms with Crippen LogP contribution in [0.25, 0.3) is 11.3 Å². The molecule has 3 heterocycles. The molecule has 3 rings (SSSR count). The van der Waals surface area contributed by atoms with Crippen molar-refractivity contribution in [2.45, 2.75) is 53.9 Å². The molecule has 1 saturated heterocycles. The number of carbonyl (C=O) groups is 1. The Hall–Kier alpha value is -2.24. The third-order valence-corrected chi connectivity index (χ3v) is 5.45. The fraction of sp³-hybridized carbons (Fsp3) is 0.619. The molecular weight excluding hydrogens is 338 g/mol. The van der Waals surface area contributed by atoms with E-state index in [2.05, 4.69) is 22.0 Å². The minimum Gasteiger partial charge on any atom is -0.342 e. The lowest BCUT2D eigenvalue weighted by Crippen LogP contribution is -2.45. The number of hydrogen-bond donors (Lipinski definition) is 0. The molecule has 0 bridgehead atoms. The molecule has 1 fully saturated rings. The molecule has 0 unspecified atom stereocenters. The number of hydrogen-bond acceptors (Lipinski definition) is 4. The van der Waals surface area contributed by atoms with Gasteiger partial charge in [0, 0.05) is 49.2 Å². The van der Waals surface area contributed by atoms with Gasteiger partial charge in [-0.1, -0.05) is 20.8 Å². The zero-order chi connectivity index (χ0) is 19.8. The summed E-state index contributed by atoms with van der Waals surface area (Å²) in [6, 6.07) is 0. The second-order valence-electron chi connectivity index (χ2n) is 8.73. The standard InChI is InChI=1S/C21H31N5O/c1-14-18(15(2)25(6)24-14)19-17(22-9-10-23-19)12-16-8-7-11-26(13-16)20(27)21(3,4)5/h9-10,16H,7-8,11-13H2,1-6H3/t16-/m1/s1. The van der Waals surface area contributed by atoms with Crippen LogP contribution in [0.15, 0.2) is 12.4 Å². The van der Waals surface area contributed by atoms with Crippen molar-refractivity contribution in [3.63, 3.8) is 0 Å². The first kappa shape index (κ1) is 19.5. The average molecular weight is 370 g/mol. The topological polar surface area (TPSA) is 63.9 Å². The molecule has 146 valence electrons. The molecule has 0 spiro atoms. The summed E-state index contributed by atoms with van der Waals surface area (Å²) in [6.45, 7) is 11.7. The van der Waals surface area contributed by atoms with E-state index in [0.717, 1.165) is 60.7 Å². The summed E-state index contributed by atoms with van der Waals surface area (Å²) in [7, 11) is 1.96. The van der Waals surface area contributed by atoms with Crippen molar-refractivity contribution >= 4 is 5.91 Å². The molecule has 27 heavy (non-hydrogen) atoms. The van der Waals surface area contributed by atoms with Crippen molar-refractivity contribution in [1.29, 1.82) is 0 Å². The van der Waals surface area contributed by atoms with Crippen molar-refractivity contribution < 1.29 is 4.79 Å². The SMILES string of the molecule is Cc1nn(C)c(C)c1-c1nccnc1C[C@H]1CCCN(C(=O)C(C)(C)C)C1. The largest absolute Gasteiger partial charge is 0.342 e. The molecule has 1 atom stereocenters. The van der Waals surface area contributed by atoms with Crippen LogP contribution in [-0.4, -0.2) is 43.6 Å². The highest BCUT2D eigenvalue weighted by molar-refractivity contribution is 5.81. The Morgan fingerprint density at radius 2 is 1.93 bits per heavy atom. The summed E-state index contributed by atoms with van der Waals surface area (Å²) >= 11 is 0. The zero-order valence-corrected chi connectivity index (χ0v) is 17.4. The number of amides is 1. The molecule has 6 nitrogen and oxygen atoms in total. The van der Waals surface area contributed by atoms with E-state index in [0.29, 0.717) is 5.92 Å². The van der Waals surface area contributed by atoms with E-state index in [1.807, 2.05) is 44.3 Å². The van der Waals surface area contributed by atoms with Gasteiger partial charge in [0.05, 0.1) is 17.1 Å². The fourth-order valence-corrected chi connectivity index (χ4v) is 4.01. The van der Waals surface area contributed by atoms with Crippen LogP contribution in [0.1, 0.15) is 50.7 Å². The van der Waals surface area contributed by atoms with Gasteiger partial charge in [0.2, 0.25) is 5.91 Å². The highest BCUT2D eigenvalue weighted by Gasteiger charge is 2.31. The Morgan fingerprint density at radius 3 is 2.56 bits per heavy atom. The molecule has 1 amide bonds. The fourth-order valence-electron chi connectivity index (χ4n) is 4.01. The molecule has 0 N–H and O–H groups in total. The Bertz CT molecular complexity index is 834. The Balaban J connectivity index is 1.84. The van der Waals surface area contributed by atoms with Crippen LogP contribution < -0.4 is 0 Å². The van der Waals surface area contributed by atoms with Crippen LogP contribution >= 0.6 is 0 Å². The first-order valence-corrected chi connectivity index (χ1v) is 9.78. The van der Waals surface area contributed by atoms with Crippen molar-refractivity contribution in [3.8, 4) is 11.3 Å². The number of aryl methyl sites for hydroxylation is 2. The van der Waals surface area contributed by atoms with Gasteiger partial charge in [0.15, 0.2) is 0 Å². The summed E-state index contributed by atoms with van der Waals surface area (Å²) in [5, 5.41) is 4.53. The lowest BCUT2D eigenvalue weighted by Gasteiger charge is -2.36. The summed E-state index contributed by atoms with van der Waals surface area (Å²) < 4.78 is 1.90. The van der Waals surface area contributed by atoms with E-state index >= 15 is 0 Å². The highest BCUT2D eigenvalue weighted by atomic mass is 16.2. The predicted octanol–water partition coefficient (Wildman–Crippen LogP) is 3.32. The van der Waals surface area contributed by atoms with Gasteiger partial charge in [-0.3, -0.25) is 19.4 Å². The lowest BCUT2D eigenvalue weighted by molar-refractivity contribution is -0.141. The monoisotopic (exact) mass is 369 g/mol. The van der Waals surface area contributed by atoms with Crippen LogP contribution in [0, 0.1) is 25.2 Å². The Morgan fingerprint density at radius 1 is 1.22 bits per heavy atom. The smallest absolute Gasteiger partial charge is 0.227 e. The lowest BCUT2D eigenvalue weighted by atomic mass is 9.88. The number of aromatic nitrogens is 4. The van der Waals surface area contributed by atoms with E-state index in [9.17, 15) is 4.79 Å². The summed E-state index contributed by atoms with van der Waals surface area (Å²) in [5.74, 6) is 0.656. The maximum atomic E-state index is 12.7. The Labute approximate surface area is 162 Å². The first-order chi connectivity index (χ1) is 12.7. The molecule has 1 aliphatic heterocycles. The van der Waals surface area contributed by atoms with Crippen LogP contribution in [0.2, 0.25) is 0 Å². The number of piperidine rings is 1. The summed E-state index contributed by atoms with van der Waals surface area (Å²) in [4.78, 5) is 24.0. The van der Waals surface area contributed by atoms with E-state index in [1.165, 1.54) is 0 Å². The van der Waals surface area contributed by atoms with E-state index in [-0.39, 0.29) is 11.3 Å². The Kier molecular flexibility index (Phi) is 5.36. The maximum Gasteiger partial charge on any atom is 0.227 e. The minimum atomic E-state index is -0.330. The van der Waals surface area contributed by atoms with Crippen molar-refractivity contribution in [2.75, 3.05) is 13.1 Å². The maximum absolute atomic E-state index is 12.7. The van der Waals surface area contributed by atoms with Gasteiger partial charge in [-0.25, -0.2) is 0 Å². The van der Waals surface area contributed by atoms with Crippen molar-refractivity contribution in [2.24, 2.45) is 18.4 Å². The third-order valence-electron chi connectivity index (χ3n) is 5.45. The van der Waals surface area contributed by atoms with Crippen molar-refractivity contribution in [1.82, 2.24) is 24.6 Å². The van der Waals surface area contributed by atoms with E-state index < -0.39 is 0 Å². The number of carbonyl (C=O) groups excluding carboxylic acids is 1. The van der Waals surface area contributed by atoms with E-state index in [4.69, 9.17) is 0 Å². The first-order valence-electron chi connectivity index (χ1n) is 9.78. The van der Waals surface area contributed by atoms with Gasteiger partial charge in [0.1, 0.15) is 0 Å². The molecule has 2 aromatic heterocycles. The van der Waals surface area contributed by atoms with Gasteiger partial charge in [0.25, 0.3) is 0 Å². The number of rotatable bonds is 3. The van der Waals surface area contributed by atoms with Gasteiger partial charge in [-0.05, 0) is 39.0 Å². The number of nitrogens with zero attached hydrogens (tertiary/aromatic N) is 5. The summed E-state index contributed by atoms with van der Waals surface area (Å²) in [5.41, 5.74) is 4.77. The molecule has 0 saturated carbocycles. The van der Waals surface area contributed by atoms with Gasteiger partial charge in [-0.2, -0.15) is 5.10 Å². The number of likely N-dealkylation sites (tertiary alicyclic amines) is 1. The predicted molar refractivity (Wildman–Crippen MR) is 106 cm³/mol. The van der Waals surface area contributed by atoms with Crippen LogP contribution in [0.3, 0.4) is 0 Å². The van der Waals surface area contributed by atoms with Crippen LogP contribution in [0.4, 0.5) is 0 Å². The van der Waals surface area contributed by atoms with Gasteiger partial charge >= 0.3 is 0 Å². The molecule has 6 heteroatoms. The van der Waals surface area contributed by atoms with Gasteiger partial charge in [-0.15, -0.1) is 0 Å². The van der Waals surface area contributed by atoms with Crippen LogP contribution in [-0.2, 0) is 18.3 Å². The highest BCUT2D eigenvalue weighted by Crippen LogP contribution is 2.30. The molecule has 0 radical (unpaired) electrons. The van der Waals surface area contributed by atoms with Gasteiger partial charge < -0.3 is 4.90 Å². The second-order valence-corrected chi connectivity index (χ2v) is 8.73. The van der Waals surface area contributed by atoms with E-state index in [1.54, 1.807) is 12.4 Å². The molecular formula is C21H31N5O. The molecule has 2 aromatic rings. The normalized spacial score (nSPS) is 18.0. The zero-order valence-electron chi connectivity index (χ0n) is 17.4. The quantitative estimate of drug-likeness (QED) is 0.832. The average Bonchev–Trinajstić information content (AvgIpc) is 2.86. The minimum absolute atomic E-state index is 0.241. The third kappa shape index (κ3) is 4.04. The van der Waals surface area contributed by atoms with Crippen LogP contribution in [0.5, 0.6) is 0 Å². The van der Waals surface area contributed by atoms with Crippen molar-refractivity contribution in [3.05, 3.63) is 29.5 Å². The molecule has 1 aliphatic rings. The second kappa shape index (κ2) is 7.41. The molecule has 0 aliphatic carbocycles. The summed E-state index contributed by atoms with van der Waals surface area (Å²) in [6.07, 6.45) is 6.52.